The highest BCUT2D eigenvalue weighted by molar-refractivity contribution is 5.87. The van der Waals surface area contributed by atoms with Crippen molar-refractivity contribution in [2.24, 2.45) is 5.41 Å². The van der Waals surface area contributed by atoms with E-state index in [0.29, 0.717) is 6.04 Å². The van der Waals surface area contributed by atoms with Crippen molar-refractivity contribution < 1.29 is 0 Å². The van der Waals surface area contributed by atoms with Crippen LogP contribution in [0, 0.1) is 5.41 Å². The summed E-state index contributed by atoms with van der Waals surface area (Å²) in [6.45, 7) is 7.82. The summed E-state index contributed by atoms with van der Waals surface area (Å²) in [5.41, 5.74) is 1.06. The number of rotatable bonds is 0. The summed E-state index contributed by atoms with van der Waals surface area (Å²) in [4.78, 5) is 4.33. The predicted molar refractivity (Wildman–Crippen MR) is 69.1 cm³/mol. The molecule has 1 atom stereocenters. The first-order chi connectivity index (χ1) is 8.07. The summed E-state index contributed by atoms with van der Waals surface area (Å²) >= 11 is 0. The Morgan fingerprint density at radius 3 is 3.00 bits per heavy atom. The van der Waals surface area contributed by atoms with Crippen molar-refractivity contribution in [2.75, 3.05) is 11.9 Å². The van der Waals surface area contributed by atoms with Crippen LogP contribution in [0.15, 0.2) is 18.3 Å². The van der Waals surface area contributed by atoms with E-state index >= 15 is 0 Å². The lowest BCUT2D eigenvalue weighted by atomic mass is 9.84. The van der Waals surface area contributed by atoms with Crippen LogP contribution in [0.1, 0.15) is 33.2 Å². The molecule has 0 bridgehead atoms. The van der Waals surface area contributed by atoms with Crippen LogP contribution in [-0.2, 0) is 0 Å². The molecule has 1 aliphatic heterocycles. The summed E-state index contributed by atoms with van der Waals surface area (Å²) in [5, 5.41) is 9.22. The average molecular weight is 230 g/mol. The first-order valence-electron chi connectivity index (χ1n) is 6.14. The van der Waals surface area contributed by atoms with Gasteiger partial charge in [0.2, 0.25) is 0 Å². The fourth-order valence-electron chi connectivity index (χ4n) is 2.59. The lowest BCUT2D eigenvalue weighted by molar-refractivity contribution is 0.211. The maximum atomic E-state index is 4.64. The zero-order valence-corrected chi connectivity index (χ0v) is 10.6. The van der Waals surface area contributed by atoms with Crippen molar-refractivity contribution >= 4 is 16.9 Å². The molecule has 2 aromatic heterocycles. The van der Waals surface area contributed by atoms with E-state index in [4.69, 9.17) is 0 Å². The molecule has 17 heavy (non-hydrogen) atoms. The summed E-state index contributed by atoms with van der Waals surface area (Å²) in [6, 6.07) is 4.49. The summed E-state index contributed by atoms with van der Waals surface area (Å²) in [5.74, 6) is 1.12. The van der Waals surface area contributed by atoms with Crippen molar-refractivity contribution in [3.8, 4) is 0 Å². The number of nitrogens with zero attached hydrogens (tertiary/aromatic N) is 3. The zero-order chi connectivity index (χ0) is 12.0. The zero-order valence-electron chi connectivity index (χ0n) is 10.6. The highest BCUT2D eigenvalue weighted by atomic mass is 15.4. The topological polar surface area (TPSA) is 42.7 Å². The second-order valence-corrected chi connectivity index (χ2v) is 5.77. The van der Waals surface area contributed by atoms with Crippen molar-refractivity contribution in [3.63, 3.8) is 0 Å². The molecule has 1 aliphatic rings. The molecule has 0 saturated carbocycles. The fraction of sp³-hybridized carbons (Fsp3) is 0.538. The summed E-state index contributed by atoms with van der Waals surface area (Å²) in [6.07, 6.45) is 2.91. The van der Waals surface area contributed by atoms with E-state index in [1.165, 1.54) is 0 Å². The molecule has 0 radical (unpaired) electrons. The van der Waals surface area contributed by atoms with Gasteiger partial charge in [-0.05, 0) is 24.0 Å². The Hall–Kier alpha value is -1.58. The van der Waals surface area contributed by atoms with E-state index in [0.717, 1.165) is 29.8 Å². The number of anilines is 1. The van der Waals surface area contributed by atoms with Gasteiger partial charge in [0.05, 0.1) is 11.4 Å². The molecule has 90 valence electrons. The van der Waals surface area contributed by atoms with Crippen molar-refractivity contribution in [1.82, 2.24) is 14.8 Å². The lowest BCUT2D eigenvalue weighted by Crippen LogP contribution is -2.32. The number of fused-ring (bicyclic) bond motifs is 3. The highest BCUT2D eigenvalue weighted by Gasteiger charge is 2.32. The Bertz CT molecular complexity index is 550. The van der Waals surface area contributed by atoms with Gasteiger partial charge in [0, 0.05) is 12.7 Å². The molecule has 1 N–H and O–H groups in total. The fourth-order valence-corrected chi connectivity index (χ4v) is 2.59. The molecule has 3 rings (SSSR count). The largest absolute Gasteiger partial charge is 0.370 e. The number of aromatic nitrogens is 3. The van der Waals surface area contributed by atoms with Crippen LogP contribution >= 0.6 is 0 Å². The summed E-state index contributed by atoms with van der Waals surface area (Å²) in [7, 11) is 0. The Kier molecular flexibility index (Phi) is 2.15. The van der Waals surface area contributed by atoms with Gasteiger partial charge in [-0.25, -0.2) is 9.67 Å². The van der Waals surface area contributed by atoms with Gasteiger partial charge in [0.15, 0.2) is 5.65 Å². The number of hydrogen-bond donors (Lipinski definition) is 1. The van der Waals surface area contributed by atoms with Gasteiger partial charge < -0.3 is 5.32 Å². The third kappa shape index (κ3) is 1.59. The molecule has 0 amide bonds. The average Bonchev–Trinajstić information content (AvgIpc) is 2.65. The highest BCUT2D eigenvalue weighted by Crippen LogP contribution is 2.39. The second-order valence-electron chi connectivity index (χ2n) is 5.77. The maximum Gasteiger partial charge on any atom is 0.183 e. The van der Waals surface area contributed by atoms with Crippen LogP contribution < -0.4 is 5.32 Å². The van der Waals surface area contributed by atoms with Gasteiger partial charge in [-0.15, -0.1) is 0 Å². The third-order valence-electron chi connectivity index (χ3n) is 3.48. The van der Waals surface area contributed by atoms with Crippen LogP contribution in [0.25, 0.3) is 11.0 Å². The van der Waals surface area contributed by atoms with Gasteiger partial charge in [-0.1, -0.05) is 20.8 Å². The molecular weight excluding hydrogens is 212 g/mol. The van der Waals surface area contributed by atoms with E-state index in [1.807, 2.05) is 6.07 Å². The van der Waals surface area contributed by atoms with E-state index in [1.54, 1.807) is 6.20 Å². The Labute approximate surface area is 101 Å². The van der Waals surface area contributed by atoms with Crippen LogP contribution in [0.2, 0.25) is 0 Å². The second kappa shape index (κ2) is 3.45. The molecule has 0 aromatic carbocycles. The van der Waals surface area contributed by atoms with E-state index < -0.39 is 0 Å². The molecule has 2 aromatic rings. The maximum absolute atomic E-state index is 4.64. The van der Waals surface area contributed by atoms with Gasteiger partial charge in [0.25, 0.3) is 0 Å². The Morgan fingerprint density at radius 2 is 2.24 bits per heavy atom. The molecule has 0 spiro atoms. The smallest absolute Gasteiger partial charge is 0.183 e. The molecule has 0 fully saturated rings. The van der Waals surface area contributed by atoms with Crippen LogP contribution in [0.4, 0.5) is 5.82 Å². The minimum atomic E-state index is 0.221. The number of nitrogens with one attached hydrogen (secondary N) is 1. The summed E-state index contributed by atoms with van der Waals surface area (Å²) < 4.78 is 2.13. The van der Waals surface area contributed by atoms with Gasteiger partial charge in [0.1, 0.15) is 5.82 Å². The van der Waals surface area contributed by atoms with Gasteiger partial charge in [-0.2, -0.15) is 5.10 Å². The monoisotopic (exact) mass is 230 g/mol. The number of hydrogen-bond acceptors (Lipinski definition) is 3. The molecule has 4 heteroatoms. The quantitative estimate of drug-likeness (QED) is 0.756. The van der Waals surface area contributed by atoms with E-state index in [-0.39, 0.29) is 5.41 Å². The molecule has 1 unspecified atom stereocenters. The molecule has 3 heterocycles. The van der Waals surface area contributed by atoms with Crippen LogP contribution in [0.3, 0.4) is 0 Å². The molecular formula is C13H18N4. The minimum absolute atomic E-state index is 0.221. The van der Waals surface area contributed by atoms with Crippen molar-refractivity contribution in [3.05, 3.63) is 18.3 Å². The van der Waals surface area contributed by atoms with Crippen LogP contribution in [-0.4, -0.2) is 21.3 Å². The van der Waals surface area contributed by atoms with Crippen LogP contribution in [0.5, 0.6) is 0 Å². The SMILES string of the molecule is CC(C)(C)C1CCNc2c3cccnc3nn21. The molecule has 4 nitrogen and oxygen atoms in total. The van der Waals surface area contributed by atoms with Gasteiger partial charge >= 0.3 is 0 Å². The lowest BCUT2D eigenvalue weighted by Gasteiger charge is -2.35. The predicted octanol–water partition coefficient (Wildman–Crippen LogP) is 2.83. The third-order valence-corrected chi connectivity index (χ3v) is 3.48. The normalized spacial score (nSPS) is 20.1. The Morgan fingerprint density at radius 1 is 1.41 bits per heavy atom. The first kappa shape index (κ1) is 10.6. The van der Waals surface area contributed by atoms with Gasteiger partial charge in [-0.3, -0.25) is 0 Å². The number of pyridine rings is 1. The van der Waals surface area contributed by atoms with Crippen molar-refractivity contribution in [1.29, 1.82) is 0 Å². The molecule has 0 aliphatic carbocycles. The van der Waals surface area contributed by atoms with E-state index in [2.05, 4.69) is 46.9 Å². The molecule has 0 saturated heterocycles. The first-order valence-corrected chi connectivity index (χ1v) is 6.14. The Balaban J connectivity index is 2.21. The standard InChI is InChI=1S/C13H18N4/c1-13(2,3)10-6-8-15-12-9-5-4-7-14-11(9)16-17(10)12/h4-5,7,10,15H,6,8H2,1-3H3. The van der Waals surface area contributed by atoms with E-state index in [9.17, 15) is 0 Å². The minimum Gasteiger partial charge on any atom is -0.370 e. The van der Waals surface area contributed by atoms with Crippen molar-refractivity contribution in [2.45, 2.75) is 33.2 Å².